The number of nitrogens with two attached hydrogens (primary N) is 1. The number of fused-ring (bicyclic) bond motifs is 1. The van der Waals surface area contributed by atoms with Crippen molar-refractivity contribution >= 4 is 16.6 Å². The predicted molar refractivity (Wildman–Crippen MR) is 210 cm³/mol. The number of nitrogen functional groups attached to an aromatic ring is 1. The van der Waals surface area contributed by atoms with Crippen molar-refractivity contribution < 1.29 is 4.74 Å². The van der Waals surface area contributed by atoms with Gasteiger partial charge in [0.1, 0.15) is 5.75 Å². The van der Waals surface area contributed by atoms with Crippen molar-refractivity contribution in [3.63, 3.8) is 0 Å². The van der Waals surface area contributed by atoms with E-state index in [1.807, 2.05) is 12.3 Å². The van der Waals surface area contributed by atoms with Gasteiger partial charge in [-0.3, -0.25) is 4.98 Å². The minimum Gasteiger partial charge on any atom is -0.493 e. The third-order valence-electron chi connectivity index (χ3n) is 10.3. The molecule has 0 aliphatic carbocycles. The zero-order valence-corrected chi connectivity index (χ0v) is 31.6. The van der Waals surface area contributed by atoms with Crippen LogP contribution in [0, 0.1) is 0 Å². The summed E-state index contributed by atoms with van der Waals surface area (Å²) in [6.07, 6.45) is 46.3. The van der Waals surface area contributed by atoms with E-state index in [0.29, 0.717) is 0 Å². The fourth-order valence-corrected chi connectivity index (χ4v) is 7.14. The lowest BCUT2D eigenvalue weighted by atomic mass is 10.0. The van der Waals surface area contributed by atoms with Crippen molar-refractivity contribution in [1.82, 2.24) is 4.98 Å². The lowest BCUT2D eigenvalue weighted by Crippen LogP contribution is -2.00. The Morgan fingerprint density at radius 3 is 1.30 bits per heavy atom. The van der Waals surface area contributed by atoms with Crippen molar-refractivity contribution in [2.24, 2.45) is 0 Å². The summed E-state index contributed by atoms with van der Waals surface area (Å²) in [4.78, 5) is 4.61. The molecule has 1 aromatic carbocycles. The average Bonchev–Trinajstić information content (AvgIpc) is 3.08. The minimum absolute atomic E-state index is 0.739. The van der Waals surface area contributed by atoms with E-state index in [9.17, 15) is 0 Å². The number of benzene rings is 1. The number of rotatable bonds is 34. The molecule has 0 aliphatic rings. The zero-order valence-electron chi connectivity index (χ0n) is 31.6. The molecule has 3 heteroatoms. The van der Waals surface area contributed by atoms with Gasteiger partial charge in [0, 0.05) is 17.6 Å². The Morgan fingerprint density at radius 1 is 0.489 bits per heavy atom. The largest absolute Gasteiger partial charge is 0.493 e. The number of anilines is 1. The first-order valence-electron chi connectivity index (χ1n) is 21.1. The molecule has 1 aromatic heterocycles. The smallest absolute Gasteiger partial charge is 0.122 e. The van der Waals surface area contributed by atoms with E-state index in [2.05, 4.69) is 31.0 Å². The second kappa shape index (κ2) is 30.3. The Hall–Kier alpha value is -1.77. The highest BCUT2D eigenvalue weighted by molar-refractivity contribution is 5.93. The summed E-state index contributed by atoms with van der Waals surface area (Å²) < 4.78 is 6.19. The van der Waals surface area contributed by atoms with Crippen LogP contribution in [0.3, 0.4) is 0 Å². The number of aromatic nitrogens is 1. The van der Waals surface area contributed by atoms with Gasteiger partial charge in [-0.15, -0.1) is 0 Å². The first kappa shape index (κ1) is 41.4. The fourth-order valence-electron chi connectivity index (χ4n) is 7.14. The van der Waals surface area contributed by atoms with E-state index >= 15 is 0 Å². The normalized spacial score (nSPS) is 11.5. The molecule has 0 unspecified atom stereocenters. The molecule has 0 saturated heterocycles. The van der Waals surface area contributed by atoms with Crippen LogP contribution in [0.15, 0.2) is 24.4 Å². The van der Waals surface area contributed by atoms with Crippen molar-refractivity contribution in [2.45, 2.75) is 219 Å². The first-order chi connectivity index (χ1) is 23.3. The molecule has 2 N–H and O–H groups in total. The summed E-state index contributed by atoms with van der Waals surface area (Å²) in [5.41, 5.74) is 9.47. The zero-order chi connectivity index (χ0) is 33.5. The number of unbranched alkanes of at least 4 members (excludes halogenated alkanes) is 29. The van der Waals surface area contributed by atoms with Crippen LogP contribution in [0.4, 0.5) is 5.69 Å². The molecule has 0 aliphatic heterocycles. The SMILES string of the molecule is CCCCCCCCCCCCCCCCCCOc1cc(N)c2nccc(CCCCCCCCCCCCCCCCC)c2c1. The van der Waals surface area contributed by atoms with Crippen LogP contribution in [-0.4, -0.2) is 11.6 Å². The standard InChI is InChI=1S/C44H78N2O/c1-3-5-7-9-11-13-15-17-19-21-23-25-27-29-31-33-37-47-41-38-42-40(35-36-46-44(42)43(45)39-41)34-32-30-28-26-24-22-20-18-16-14-12-10-8-6-4-2/h35-36,38-39H,3-34,37,45H2,1-2H3. The molecule has 2 rings (SSSR count). The molecule has 0 atom stereocenters. The summed E-state index contributed by atoms with van der Waals surface area (Å²) in [5.74, 6) is 0.904. The van der Waals surface area contributed by atoms with Crippen LogP contribution in [0.25, 0.3) is 10.9 Å². The quantitative estimate of drug-likeness (QED) is 0.0605. The van der Waals surface area contributed by atoms with Crippen molar-refractivity contribution in [3.05, 3.63) is 30.0 Å². The molecule has 0 fully saturated rings. The van der Waals surface area contributed by atoms with E-state index < -0.39 is 0 Å². The summed E-state index contributed by atoms with van der Waals surface area (Å²) in [7, 11) is 0. The van der Waals surface area contributed by atoms with Crippen LogP contribution in [0.5, 0.6) is 5.75 Å². The average molecular weight is 651 g/mol. The number of pyridine rings is 1. The van der Waals surface area contributed by atoms with Crippen LogP contribution >= 0.6 is 0 Å². The van der Waals surface area contributed by atoms with E-state index in [4.69, 9.17) is 10.5 Å². The molecule has 47 heavy (non-hydrogen) atoms. The second-order valence-corrected chi connectivity index (χ2v) is 14.7. The van der Waals surface area contributed by atoms with Crippen molar-refractivity contribution in [3.8, 4) is 5.75 Å². The Bertz CT molecular complexity index is 973. The van der Waals surface area contributed by atoms with Crippen LogP contribution in [0.2, 0.25) is 0 Å². The number of ether oxygens (including phenoxy) is 1. The second-order valence-electron chi connectivity index (χ2n) is 14.7. The van der Waals surface area contributed by atoms with E-state index in [1.165, 1.54) is 204 Å². The Labute approximate surface area is 293 Å². The maximum atomic E-state index is 6.44. The molecule has 2 aromatic rings. The molecule has 1 heterocycles. The maximum absolute atomic E-state index is 6.44. The van der Waals surface area contributed by atoms with Gasteiger partial charge in [0.15, 0.2) is 0 Å². The van der Waals surface area contributed by atoms with Gasteiger partial charge in [0.2, 0.25) is 0 Å². The number of hydrogen-bond donors (Lipinski definition) is 1. The summed E-state index contributed by atoms with van der Waals surface area (Å²) in [6, 6.07) is 6.34. The molecule has 0 radical (unpaired) electrons. The Balaban J connectivity index is 1.49. The lowest BCUT2D eigenvalue weighted by Gasteiger charge is -2.12. The predicted octanol–water partition coefficient (Wildman–Crippen LogP) is 14.9. The maximum Gasteiger partial charge on any atom is 0.122 e. The van der Waals surface area contributed by atoms with Gasteiger partial charge in [0.25, 0.3) is 0 Å². The van der Waals surface area contributed by atoms with Gasteiger partial charge < -0.3 is 10.5 Å². The van der Waals surface area contributed by atoms with Gasteiger partial charge >= 0.3 is 0 Å². The third kappa shape index (κ3) is 21.7. The van der Waals surface area contributed by atoms with E-state index in [0.717, 1.165) is 36.4 Å². The van der Waals surface area contributed by atoms with Crippen molar-refractivity contribution in [2.75, 3.05) is 12.3 Å². The number of hydrogen-bond acceptors (Lipinski definition) is 3. The Kier molecular flexibility index (Phi) is 26.7. The van der Waals surface area contributed by atoms with Gasteiger partial charge in [-0.05, 0) is 37.0 Å². The van der Waals surface area contributed by atoms with Crippen LogP contribution in [-0.2, 0) is 6.42 Å². The molecule has 0 saturated carbocycles. The van der Waals surface area contributed by atoms with Gasteiger partial charge in [-0.25, -0.2) is 0 Å². The summed E-state index contributed by atoms with van der Waals surface area (Å²) in [6.45, 7) is 5.37. The van der Waals surface area contributed by atoms with Gasteiger partial charge in [-0.2, -0.15) is 0 Å². The summed E-state index contributed by atoms with van der Waals surface area (Å²) in [5, 5.41) is 1.18. The first-order valence-corrected chi connectivity index (χ1v) is 21.1. The molecule has 270 valence electrons. The molecular formula is C44H78N2O. The minimum atomic E-state index is 0.739. The monoisotopic (exact) mass is 651 g/mol. The highest BCUT2D eigenvalue weighted by atomic mass is 16.5. The van der Waals surface area contributed by atoms with Gasteiger partial charge in [0.05, 0.1) is 17.8 Å². The third-order valence-corrected chi connectivity index (χ3v) is 10.3. The van der Waals surface area contributed by atoms with Crippen LogP contribution in [0.1, 0.15) is 218 Å². The van der Waals surface area contributed by atoms with E-state index in [-0.39, 0.29) is 0 Å². The molecule has 0 spiro atoms. The Morgan fingerprint density at radius 2 is 0.872 bits per heavy atom. The van der Waals surface area contributed by atoms with Gasteiger partial charge in [-0.1, -0.05) is 200 Å². The molecule has 0 bridgehead atoms. The highest BCUT2D eigenvalue weighted by Gasteiger charge is 2.09. The number of aryl methyl sites for hydroxylation is 1. The summed E-state index contributed by atoms with van der Waals surface area (Å²) >= 11 is 0. The highest BCUT2D eigenvalue weighted by Crippen LogP contribution is 2.29. The van der Waals surface area contributed by atoms with Crippen LogP contribution < -0.4 is 10.5 Å². The molecular weight excluding hydrogens is 572 g/mol. The van der Waals surface area contributed by atoms with Crippen molar-refractivity contribution in [1.29, 1.82) is 0 Å². The molecule has 0 amide bonds. The fraction of sp³-hybridized carbons (Fsp3) is 0.795. The molecule has 3 nitrogen and oxygen atoms in total. The topological polar surface area (TPSA) is 48.1 Å². The van der Waals surface area contributed by atoms with E-state index in [1.54, 1.807) is 0 Å². The lowest BCUT2D eigenvalue weighted by molar-refractivity contribution is 0.305. The number of nitrogens with zero attached hydrogens (tertiary/aromatic N) is 1.